The van der Waals surface area contributed by atoms with Crippen LogP contribution in [-0.4, -0.2) is 45.3 Å². The molecule has 0 spiro atoms. The van der Waals surface area contributed by atoms with Crippen molar-refractivity contribution in [3.63, 3.8) is 0 Å². The maximum absolute atomic E-state index is 14.9. The Morgan fingerprint density at radius 3 is 2.52 bits per heavy atom. The number of hydrogen-bond donors (Lipinski definition) is 3. The molecule has 0 unspecified atom stereocenters. The molecule has 2 aromatic heterocycles. The standard InChI is InChI=1S/C26H24FN3O3/c1-15-11-22-25(16(2)24(15)17-7-9-28-10-8-17)20(19-5-3-4-6-21(19)27)12-23(30-22)26(33)29-13-18(32)14-31/h3-12,18,31-32H,13-14H2,1-2H3,(H,29,33)/t18-/m0/s1. The van der Waals surface area contributed by atoms with Gasteiger partial charge in [-0.1, -0.05) is 18.2 Å². The first-order valence-corrected chi connectivity index (χ1v) is 10.6. The van der Waals surface area contributed by atoms with Crippen LogP contribution in [0.2, 0.25) is 0 Å². The van der Waals surface area contributed by atoms with Crippen molar-refractivity contribution in [2.75, 3.05) is 13.2 Å². The Morgan fingerprint density at radius 1 is 1.09 bits per heavy atom. The fourth-order valence-electron chi connectivity index (χ4n) is 4.10. The molecule has 3 N–H and O–H groups in total. The van der Waals surface area contributed by atoms with E-state index in [1.54, 1.807) is 36.7 Å². The third-order valence-electron chi connectivity index (χ3n) is 5.62. The number of aliphatic hydroxyl groups is 2. The first kappa shape index (κ1) is 22.5. The van der Waals surface area contributed by atoms with Gasteiger partial charge in [-0.3, -0.25) is 9.78 Å². The lowest BCUT2D eigenvalue weighted by Gasteiger charge is -2.18. The van der Waals surface area contributed by atoms with Crippen molar-refractivity contribution in [2.24, 2.45) is 0 Å². The number of aryl methyl sites for hydroxylation is 2. The van der Waals surface area contributed by atoms with E-state index in [1.807, 2.05) is 32.0 Å². The van der Waals surface area contributed by atoms with Crippen LogP contribution >= 0.6 is 0 Å². The van der Waals surface area contributed by atoms with Gasteiger partial charge in [0.25, 0.3) is 5.91 Å². The highest BCUT2D eigenvalue weighted by Gasteiger charge is 2.20. The molecule has 168 valence electrons. The molecular weight excluding hydrogens is 421 g/mol. The van der Waals surface area contributed by atoms with Crippen LogP contribution in [0.3, 0.4) is 0 Å². The number of pyridine rings is 2. The zero-order valence-corrected chi connectivity index (χ0v) is 18.3. The van der Waals surface area contributed by atoms with Gasteiger partial charge in [-0.15, -0.1) is 0 Å². The number of aliphatic hydroxyl groups excluding tert-OH is 2. The van der Waals surface area contributed by atoms with E-state index in [0.29, 0.717) is 16.6 Å². The highest BCUT2D eigenvalue weighted by molar-refractivity contribution is 6.05. The molecule has 0 fully saturated rings. The molecule has 6 nitrogen and oxygen atoms in total. The molecule has 0 aliphatic heterocycles. The molecule has 0 aliphatic rings. The molecule has 0 saturated carbocycles. The van der Waals surface area contributed by atoms with E-state index in [4.69, 9.17) is 5.11 Å². The Morgan fingerprint density at radius 2 is 1.82 bits per heavy atom. The van der Waals surface area contributed by atoms with Gasteiger partial charge in [-0.25, -0.2) is 9.37 Å². The molecular formula is C26H24FN3O3. The van der Waals surface area contributed by atoms with Crippen LogP contribution in [0.5, 0.6) is 0 Å². The molecule has 0 aliphatic carbocycles. The largest absolute Gasteiger partial charge is 0.394 e. The quantitative estimate of drug-likeness (QED) is 0.420. The van der Waals surface area contributed by atoms with E-state index in [0.717, 1.165) is 27.6 Å². The zero-order valence-electron chi connectivity index (χ0n) is 18.3. The van der Waals surface area contributed by atoms with E-state index in [9.17, 15) is 14.3 Å². The van der Waals surface area contributed by atoms with Crippen molar-refractivity contribution in [3.8, 4) is 22.3 Å². The van der Waals surface area contributed by atoms with Crippen LogP contribution in [0.4, 0.5) is 4.39 Å². The van der Waals surface area contributed by atoms with Gasteiger partial charge in [-0.2, -0.15) is 0 Å². The van der Waals surface area contributed by atoms with Crippen LogP contribution in [0.15, 0.2) is 60.9 Å². The summed E-state index contributed by atoms with van der Waals surface area (Å²) < 4.78 is 14.9. The lowest BCUT2D eigenvalue weighted by atomic mass is 9.89. The van der Waals surface area contributed by atoms with Crippen LogP contribution in [0.1, 0.15) is 21.6 Å². The summed E-state index contributed by atoms with van der Waals surface area (Å²) in [5, 5.41) is 21.9. The SMILES string of the molecule is Cc1cc2nc(C(=O)NC[C@H](O)CO)cc(-c3ccccc3F)c2c(C)c1-c1ccncc1. The molecule has 33 heavy (non-hydrogen) atoms. The van der Waals surface area contributed by atoms with Crippen LogP contribution in [0.25, 0.3) is 33.2 Å². The lowest BCUT2D eigenvalue weighted by molar-refractivity contribution is 0.0799. The fraction of sp³-hybridized carbons (Fsp3) is 0.192. The van der Waals surface area contributed by atoms with Crippen molar-refractivity contribution in [3.05, 3.63) is 83.6 Å². The summed E-state index contributed by atoms with van der Waals surface area (Å²) in [4.78, 5) is 21.4. The van der Waals surface area contributed by atoms with Crippen LogP contribution in [-0.2, 0) is 0 Å². The topological polar surface area (TPSA) is 95.3 Å². The molecule has 2 heterocycles. The first-order chi connectivity index (χ1) is 15.9. The Kier molecular flexibility index (Phi) is 6.44. The van der Waals surface area contributed by atoms with Gasteiger partial charge in [0.1, 0.15) is 11.5 Å². The van der Waals surface area contributed by atoms with Crippen molar-refractivity contribution in [2.45, 2.75) is 20.0 Å². The zero-order chi connectivity index (χ0) is 23.5. The van der Waals surface area contributed by atoms with Crippen molar-refractivity contribution in [1.29, 1.82) is 0 Å². The van der Waals surface area contributed by atoms with Gasteiger partial charge in [0.2, 0.25) is 0 Å². The summed E-state index contributed by atoms with van der Waals surface area (Å²) in [5.74, 6) is -0.923. The van der Waals surface area contributed by atoms with Crippen molar-refractivity contribution >= 4 is 16.8 Å². The lowest BCUT2D eigenvalue weighted by Crippen LogP contribution is -2.34. The third-order valence-corrected chi connectivity index (χ3v) is 5.62. The van der Waals surface area contributed by atoms with E-state index >= 15 is 0 Å². The summed E-state index contributed by atoms with van der Waals surface area (Å²) in [7, 11) is 0. The normalized spacial score (nSPS) is 12.0. The Labute approximate surface area is 190 Å². The minimum atomic E-state index is -1.08. The number of halogens is 1. The molecule has 2 aromatic carbocycles. The van der Waals surface area contributed by atoms with E-state index in [1.165, 1.54) is 6.07 Å². The Balaban J connectivity index is 1.97. The number of carbonyl (C=O) groups is 1. The Hall–Kier alpha value is -3.68. The monoisotopic (exact) mass is 445 g/mol. The van der Waals surface area contributed by atoms with Crippen LogP contribution < -0.4 is 5.32 Å². The number of hydrogen-bond acceptors (Lipinski definition) is 5. The van der Waals surface area contributed by atoms with Gasteiger partial charge >= 0.3 is 0 Å². The van der Waals surface area contributed by atoms with Gasteiger partial charge in [-0.05, 0) is 72.0 Å². The van der Waals surface area contributed by atoms with Gasteiger partial charge in [0, 0.05) is 29.9 Å². The fourth-order valence-corrected chi connectivity index (χ4v) is 4.10. The summed E-state index contributed by atoms with van der Waals surface area (Å²) in [6, 6.07) is 13.7. The predicted molar refractivity (Wildman–Crippen MR) is 125 cm³/mol. The van der Waals surface area contributed by atoms with Crippen molar-refractivity contribution in [1.82, 2.24) is 15.3 Å². The number of fused-ring (bicyclic) bond motifs is 1. The minimum absolute atomic E-state index is 0.0985. The molecule has 0 bridgehead atoms. The predicted octanol–water partition coefficient (Wildman–Crippen LogP) is 3.80. The highest BCUT2D eigenvalue weighted by Crippen LogP contribution is 2.38. The number of nitrogens with one attached hydrogen (secondary N) is 1. The van der Waals surface area contributed by atoms with Gasteiger partial charge in [0.15, 0.2) is 0 Å². The summed E-state index contributed by atoms with van der Waals surface area (Å²) >= 11 is 0. The summed E-state index contributed by atoms with van der Waals surface area (Å²) in [6.45, 7) is 3.34. The molecule has 0 radical (unpaired) electrons. The first-order valence-electron chi connectivity index (χ1n) is 10.6. The smallest absolute Gasteiger partial charge is 0.270 e. The molecule has 7 heteroatoms. The van der Waals surface area contributed by atoms with Gasteiger partial charge < -0.3 is 15.5 Å². The number of rotatable bonds is 6. The average Bonchev–Trinajstić information content (AvgIpc) is 2.82. The number of benzene rings is 2. The van der Waals surface area contributed by atoms with Crippen molar-refractivity contribution < 1.29 is 19.4 Å². The number of nitrogens with zero attached hydrogens (tertiary/aromatic N) is 2. The number of amides is 1. The molecule has 4 aromatic rings. The molecule has 1 atom stereocenters. The number of carbonyl (C=O) groups excluding carboxylic acids is 1. The maximum atomic E-state index is 14.9. The third kappa shape index (κ3) is 4.46. The second-order valence-electron chi connectivity index (χ2n) is 7.90. The average molecular weight is 445 g/mol. The molecule has 1 amide bonds. The van der Waals surface area contributed by atoms with E-state index < -0.39 is 24.4 Å². The maximum Gasteiger partial charge on any atom is 0.270 e. The summed E-state index contributed by atoms with van der Waals surface area (Å²) in [6.07, 6.45) is 2.37. The van der Waals surface area contributed by atoms with E-state index in [2.05, 4.69) is 15.3 Å². The Bertz CT molecular complexity index is 1330. The summed E-state index contributed by atoms with van der Waals surface area (Å²) in [5.41, 5.74) is 5.46. The van der Waals surface area contributed by atoms with E-state index in [-0.39, 0.29) is 12.2 Å². The second-order valence-corrected chi connectivity index (χ2v) is 7.90. The van der Waals surface area contributed by atoms with Gasteiger partial charge in [0.05, 0.1) is 18.2 Å². The van der Waals surface area contributed by atoms with Crippen LogP contribution in [0, 0.1) is 19.7 Å². The molecule has 0 saturated heterocycles. The highest BCUT2D eigenvalue weighted by atomic mass is 19.1. The molecule has 4 rings (SSSR count). The number of aromatic nitrogens is 2. The second kappa shape index (κ2) is 9.44. The minimum Gasteiger partial charge on any atom is -0.394 e.